The van der Waals surface area contributed by atoms with Crippen LogP contribution in [-0.4, -0.2) is 18.8 Å². The Morgan fingerprint density at radius 2 is 2.07 bits per heavy atom. The highest BCUT2D eigenvalue weighted by Crippen LogP contribution is 2.24. The van der Waals surface area contributed by atoms with E-state index in [2.05, 4.69) is 6.08 Å². The summed E-state index contributed by atoms with van der Waals surface area (Å²) in [5.41, 5.74) is 7.51. The second kappa shape index (κ2) is 5.66. The molecular weight excluding hydrogens is 186 g/mol. The van der Waals surface area contributed by atoms with Gasteiger partial charge in [0.2, 0.25) is 0 Å². The fourth-order valence-electron chi connectivity index (χ4n) is 2.56. The van der Waals surface area contributed by atoms with Crippen LogP contribution in [0.1, 0.15) is 51.4 Å². The third-order valence-corrected chi connectivity index (χ3v) is 3.62. The molecule has 2 aliphatic rings. The number of rotatable bonds is 3. The van der Waals surface area contributed by atoms with Gasteiger partial charge in [0, 0.05) is 12.6 Å². The molecule has 0 radical (unpaired) electrons. The maximum Gasteiger partial charge on any atom is 0.0579 e. The van der Waals surface area contributed by atoms with Crippen molar-refractivity contribution < 1.29 is 4.74 Å². The van der Waals surface area contributed by atoms with E-state index < -0.39 is 0 Å². The van der Waals surface area contributed by atoms with Crippen molar-refractivity contribution in [2.24, 2.45) is 5.73 Å². The van der Waals surface area contributed by atoms with Gasteiger partial charge in [-0.1, -0.05) is 11.6 Å². The maximum atomic E-state index is 5.88. The molecule has 2 rings (SSSR count). The lowest BCUT2D eigenvalue weighted by atomic mass is 9.90. The third-order valence-electron chi connectivity index (χ3n) is 3.62. The highest BCUT2D eigenvalue weighted by atomic mass is 16.5. The fourth-order valence-corrected chi connectivity index (χ4v) is 2.56. The molecule has 1 heterocycles. The Kier molecular flexibility index (Phi) is 4.21. The summed E-state index contributed by atoms with van der Waals surface area (Å²) in [6, 6.07) is 0.459. The topological polar surface area (TPSA) is 35.2 Å². The molecule has 2 N–H and O–H groups in total. The van der Waals surface area contributed by atoms with Crippen molar-refractivity contribution in [3.05, 3.63) is 11.6 Å². The first-order chi connectivity index (χ1) is 7.34. The quantitative estimate of drug-likeness (QED) is 0.725. The predicted molar refractivity (Wildman–Crippen MR) is 62.7 cm³/mol. The van der Waals surface area contributed by atoms with E-state index in [9.17, 15) is 0 Å². The molecule has 0 spiro atoms. The van der Waals surface area contributed by atoms with Crippen LogP contribution in [0.4, 0.5) is 0 Å². The lowest BCUT2D eigenvalue weighted by Crippen LogP contribution is -2.23. The van der Waals surface area contributed by atoms with Crippen molar-refractivity contribution in [2.45, 2.75) is 63.5 Å². The van der Waals surface area contributed by atoms with E-state index in [1.54, 1.807) is 5.57 Å². The smallest absolute Gasteiger partial charge is 0.0579 e. The SMILES string of the molecule is NC1CCC(=CCCC2CCCO2)CC1. The first-order valence-corrected chi connectivity index (χ1v) is 6.39. The van der Waals surface area contributed by atoms with Crippen molar-refractivity contribution in [1.82, 2.24) is 0 Å². The largest absolute Gasteiger partial charge is 0.378 e. The van der Waals surface area contributed by atoms with Crippen LogP contribution in [0.2, 0.25) is 0 Å². The standard InChI is InChI=1S/C13H23NO/c14-12-8-6-11(7-9-12)3-1-4-13-5-2-10-15-13/h3,12-13H,1-2,4-10,14H2. The molecule has 0 aromatic heterocycles. The summed E-state index contributed by atoms with van der Waals surface area (Å²) in [7, 11) is 0. The molecule has 15 heavy (non-hydrogen) atoms. The molecule has 1 saturated carbocycles. The number of hydrogen-bond acceptors (Lipinski definition) is 2. The molecule has 0 amide bonds. The molecule has 0 bridgehead atoms. The molecule has 1 unspecified atom stereocenters. The molecule has 1 saturated heterocycles. The van der Waals surface area contributed by atoms with E-state index >= 15 is 0 Å². The molecular formula is C13H23NO. The Morgan fingerprint density at radius 1 is 1.27 bits per heavy atom. The lowest BCUT2D eigenvalue weighted by molar-refractivity contribution is 0.105. The lowest BCUT2D eigenvalue weighted by Gasteiger charge is -2.20. The van der Waals surface area contributed by atoms with Gasteiger partial charge in [0.05, 0.1) is 6.10 Å². The summed E-state index contributed by atoms with van der Waals surface area (Å²) < 4.78 is 5.61. The van der Waals surface area contributed by atoms with Crippen LogP contribution in [0.3, 0.4) is 0 Å². The zero-order valence-corrected chi connectivity index (χ0v) is 9.58. The summed E-state index contributed by atoms with van der Waals surface area (Å²) in [4.78, 5) is 0. The van der Waals surface area contributed by atoms with Crippen LogP contribution in [-0.2, 0) is 4.74 Å². The number of ether oxygens (including phenoxy) is 1. The van der Waals surface area contributed by atoms with Crippen LogP contribution < -0.4 is 5.73 Å². The Balaban J connectivity index is 1.65. The normalized spacial score (nSPS) is 31.9. The van der Waals surface area contributed by atoms with Crippen molar-refractivity contribution >= 4 is 0 Å². The van der Waals surface area contributed by atoms with E-state index in [0.717, 1.165) is 6.61 Å². The minimum Gasteiger partial charge on any atom is -0.378 e. The zero-order valence-electron chi connectivity index (χ0n) is 9.58. The van der Waals surface area contributed by atoms with Crippen molar-refractivity contribution in [3.8, 4) is 0 Å². The molecule has 2 nitrogen and oxygen atoms in total. The van der Waals surface area contributed by atoms with Crippen LogP contribution in [0.25, 0.3) is 0 Å². The first kappa shape index (κ1) is 11.2. The summed E-state index contributed by atoms with van der Waals surface area (Å²) in [6.07, 6.45) is 12.8. The van der Waals surface area contributed by atoms with Crippen molar-refractivity contribution in [3.63, 3.8) is 0 Å². The van der Waals surface area contributed by atoms with Crippen molar-refractivity contribution in [1.29, 1.82) is 0 Å². The minimum atomic E-state index is 0.459. The van der Waals surface area contributed by atoms with E-state index in [1.807, 2.05) is 0 Å². The number of hydrogen-bond donors (Lipinski definition) is 1. The Hall–Kier alpha value is -0.340. The van der Waals surface area contributed by atoms with Crippen LogP contribution >= 0.6 is 0 Å². The van der Waals surface area contributed by atoms with Gasteiger partial charge < -0.3 is 10.5 Å². The van der Waals surface area contributed by atoms with Gasteiger partial charge in [0.1, 0.15) is 0 Å². The minimum absolute atomic E-state index is 0.459. The monoisotopic (exact) mass is 209 g/mol. The molecule has 2 heteroatoms. The van der Waals surface area contributed by atoms with Crippen molar-refractivity contribution in [2.75, 3.05) is 6.61 Å². The first-order valence-electron chi connectivity index (χ1n) is 6.39. The van der Waals surface area contributed by atoms with E-state index in [-0.39, 0.29) is 0 Å². The number of allylic oxidation sites excluding steroid dienone is 2. The molecule has 1 aliphatic heterocycles. The van der Waals surface area contributed by atoms with Crippen LogP contribution in [0.5, 0.6) is 0 Å². The fraction of sp³-hybridized carbons (Fsp3) is 0.846. The second-order valence-corrected chi connectivity index (χ2v) is 4.91. The molecule has 2 fully saturated rings. The number of nitrogens with two attached hydrogens (primary N) is 1. The van der Waals surface area contributed by atoms with Gasteiger partial charge in [0.15, 0.2) is 0 Å². The highest BCUT2D eigenvalue weighted by molar-refractivity contribution is 5.06. The molecule has 86 valence electrons. The molecule has 0 aromatic rings. The van der Waals surface area contributed by atoms with Gasteiger partial charge in [-0.05, 0) is 51.4 Å². The van der Waals surface area contributed by atoms with Gasteiger partial charge >= 0.3 is 0 Å². The highest BCUT2D eigenvalue weighted by Gasteiger charge is 2.15. The van der Waals surface area contributed by atoms with Gasteiger partial charge in [-0.3, -0.25) is 0 Å². The average molecular weight is 209 g/mol. The molecule has 1 atom stereocenters. The molecule has 0 aromatic carbocycles. The van der Waals surface area contributed by atoms with Gasteiger partial charge in [-0.15, -0.1) is 0 Å². The summed E-state index contributed by atoms with van der Waals surface area (Å²) >= 11 is 0. The van der Waals surface area contributed by atoms with Crippen LogP contribution in [0.15, 0.2) is 11.6 Å². The van der Waals surface area contributed by atoms with E-state index in [0.29, 0.717) is 12.1 Å². The maximum absolute atomic E-state index is 5.88. The second-order valence-electron chi connectivity index (χ2n) is 4.91. The average Bonchev–Trinajstić information content (AvgIpc) is 2.74. The third kappa shape index (κ3) is 3.62. The predicted octanol–water partition coefficient (Wildman–Crippen LogP) is 2.77. The van der Waals surface area contributed by atoms with E-state index in [1.165, 1.54) is 51.4 Å². The summed E-state index contributed by atoms with van der Waals surface area (Å²) in [5.74, 6) is 0. The van der Waals surface area contributed by atoms with Gasteiger partial charge in [0.25, 0.3) is 0 Å². The van der Waals surface area contributed by atoms with Crippen LogP contribution in [0, 0.1) is 0 Å². The van der Waals surface area contributed by atoms with E-state index in [4.69, 9.17) is 10.5 Å². The Labute approximate surface area is 92.9 Å². The van der Waals surface area contributed by atoms with Gasteiger partial charge in [-0.25, -0.2) is 0 Å². The Bertz CT molecular complexity index is 209. The van der Waals surface area contributed by atoms with Gasteiger partial charge in [-0.2, -0.15) is 0 Å². The summed E-state index contributed by atoms with van der Waals surface area (Å²) in [6.45, 7) is 0.982. The zero-order chi connectivity index (χ0) is 10.5. The molecule has 1 aliphatic carbocycles. The summed E-state index contributed by atoms with van der Waals surface area (Å²) in [5, 5.41) is 0. The Morgan fingerprint density at radius 3 is 2.73 bits per heavy atom.